The zero-order valence-corrected chi connectivity index (χ0v) is 43.1. The number of fused-ring (bicyclic) bond motifs is 8. The summed E-state index contributed by atoms with van der Waals surface area (Å²) in [4.78, 5) is 84.6. The number of amides is 6. The van der Waals surface area contributed by atoms with Crippen molar-refractivity contribution in [2.75, 3.05) is 20.3 Å². The third-order valence-corrected chi connectivity index (χ3v) is 14.5. The van der Waals surface area contributed by atoms with Crippen LogP contribution in [0.4, 0.5) is 4.79 Å². The molecule has 2 unspecified atom stereocenters. The van der Waals surface area contributed by atoms with Gasteiger partial charge < -0.3 is 35.9 Å². The summed E-state index contributed by atoms with van der Waals surface area (Å²) in [5.74, 6) is -1.59. The highest BCUT2D eigenvalue weighted by Crippen LogP contribution is 2.47. The van der Waals surface area contributed by atoms with E-state index in [1.54, 1.807) is 32.6 Å². The van der Waals surface area contributed by atoms with Crippen LogP contribution < -0.4 is 21.7 Å². The normalized spacial score (nSPS) is 25.0. The molecule has 16 nitrogen and oxygen atoms in total. The molecule has 0 saturated carbocycles. The fourth-order valence-corrected chi connectivity index (χ4v) is 10.8. The fraction of sp³-hybridized carbons (Fsp3) is 0.474. The van der Waals surface area contributed by atoms with Gasteiger partial charge in [0, 0.05) is 24.6 Å². The smallest absolute Gasteiger partial charge is 0.410 e. The maximum Gasteiger partial charge on any atom is 0.410 e. The first-order valence-electron chi connectivity index (χ1n) is 25.9. The van der Waals surface area contributed by atoms with Gasteiger partial charge in [-0.15, -0.1) is 0 Å². The molecule has 2 aliphatic carbocycles. The van der Waals surface area contributed by atoms with Crippen molar-refractivity contribution in [1.29, 1.82) is 0 Å². The molecule has 4 heterocycles. The van der Waals surface area contributed by atoms with Crippen LogP contribution in [0.15, 0.2) is 97.1 Å². The summed E-state index contributed by atoms with van der Waals surface area (Å²) in [7, 11) is 1.48. The number of carbonyl (C=O) groups is 6. The van der Waals surface area contributed by atoms with Gasteiger partial charge in [0.2, 0.25) is 29.5 Å². The number of nitrogens with one attached hydrogen (secondary N) is 3. The average Bonchev–Trinajstić information content (AvgIpc) is 3.79. The predicted octanol–water partition coefficient (Wildman–Crippen LogP) is 7.46. The number of hydrogen-bond donors (Lipinski definition) is 4. The molecule has 2 saturated heterocycles. The van der Waals surface area contributed by atoms with Crippen molar-refractivity contribution < 1.29 is 43.0 Å². The molecule has 4 aromatic rings. The highest BCUT2D eigenvalue weighted by molar-refractivity contribution is 5.96. The monoisotopic (exact) mass is 998 g/mol. The lowest BCUT2D eigenvalue weighted by Gasteiger charge is -2.33. The number of nitrogens with two attached hydrogens (primary N) is 1. The third-order valence-electron chi connectivity index (χ3n) is 14.5. The van der Waals surface area contributed by atoms with E-state index >= 15 is 0 Å². The first-order valence-corrected chi connectivity index (χ1v) is 25.9. The van der Waals surface area contributed by atoms with Gasteiger partial charge in [0.25, 0.3) is 0 Å². The SMILES string of the molecule is CC.C[C@@H](C(=O)N[C@H]1CCO[C@H]2c3ccccc3C(C(=O)N[C@@H]3CCCc4ccccc43)N2C1=O)N(C)C(=O)OC(C)(C)C.N[C@H]1CCO[C@H]2c3ccccc3C(C(=O)N[C@@H]3CCCc4ccccc43)N2C1=O. The van der Waals surface area contributed by atoms with Crippen LogP contribution in [0.3, 0.4) is 0 Å². The summed E-state index contributed by atoms with van der Waals surface area (Å²) in [6.45, 7) is 11.4. The van der Waals surface area contributed by atoms with Gasteiger partial charge in [-0.3, -0.25) is 38.7 Å². The van der Waals surface area contributed by atoms with Crippen molar-refractivity contribution in [1.82, 2.24) is 30.7 Å². The molecule has 0 bridgehead atoms. The molecule has 0 radical (unpaired) electrons. The van der Waals surface area contributed by atoms with E-state index < -0.39 is 66.2 Å². The number of hydrogen-bond acceptors (Lipinski definition) is 10. The van der Waals surface area contributed by atoms with Gasteiger partial charge >= 0.3 is 6.09 Å². The standard InChI is InChI=1S/C32H40N4O6.C23H25N3O3.C2H6/c1-19(35(5)31(40)42-32(2,3)4)27(37)34-25-17-18-41-30-23-15-9-8-14-22(23)26(36(30)29(25)39)28(38)33-24-16-10-12-20-11-6-7-13-21(20)24;24-18-12-13-29-23-17-10-4-3-9-16(17)20(26(23)22(18)28)21(27)25-19-11-5-7-14-6-1-2-8-15(14)19;1-2/h6-9,11,13-15,19,24-26,30H,10,12,16-18H2,1-5H3,(H,33,38)(H,34,37);1-4,6,8-10,18-20,23H,5,7,11-13,24H2,(H,25,27);1-2H3/t19-,24+,25-,26?,30-;18-,19+,20?,23-;/m00./s1. The Morgan fingerprint density at radius 2 is 1.04 bits per heavy atom. The molecule has 5 N–H and O–H groups in total. The van der Waals surface area contributed by atoms with E-state index in [1.165, 1.54) is 33.5 Å². The molecule has 2 fully saturated rings. The van der Waals surface area contributed by atoms with Gasteiger partial charge in [-0.2, -0.15) is 0 Å². The Morgan fingerprint density at radius 3 is 1.52 bits per heavy atom. The molecule has 16 heteroatoms. The molecule has 10 rings (SSSR count). The van der Waals surface area contributed by atoms with E-state index in [1.807, 2.05) is 92.7 Å². The minimum absolute atomic E-state index is 0.0460. The molecular weight excluding hydrogens is 927 g/mol. The van der Waals surface area contributed by atoms with E-state index in [0.29, 0.717) is 18.6 Å². The molecule has 4 aliphatic heterocycles. The van der Waals surface area contributed by atoms with Gasteiger partial charge in [-0.05, 0) is 106 Å². The van der Waals surface area contributed by atoms with E-state index in [0.717, 1.165) is 60.8 Å². The summed E-state index contributed by atoms with van der Waals surface area (Å²) < 4.78 is 17.5. The van der Waals surface area contributed by atoms with E-state index in [-0.39, 0.29) is 42.8 Å². The van der Waals surface area contributed by atoms with Gasteiger partial charge in [-0.25, -0.2) is 4.79 Å². The molecule has 0 spiro atoms. The van der Waals surface area contributed by atoms with Crippen molar-refractivity contribution in [3.8, 4) is 0 Å². The third kappa shape index (κ3) is 11.0. The lowest BCUT2D eigenvalue weighted by atomic mass is 9.87. The highest BCUT2D eigenvalue weighted by Gasteiger charge is 2.51. The van der Waals surface area contributed by atoms with Crippen LogP contribution in [-0.4, -0.2) is 94.3 Å². The van der Waals surface area contributed by atoms with Crippen LogP contribution in [0.2, 0.25) is 0 Å². The second-order valence-electron chi connectivity index (χ2n) is 20.3. The fourth-order valence-electron chi connectivity index (χ4n) is 10.8. The van der Waals surface area contributed by atoms with Crippen LogP contribution in [-0.2, 0) is 51.0 Å². The van der Waals surface area contributed by atoms with Crippen molar-refractivity contribution >= 4 is 35.6 Å². The Morgan fingerprint density at radius 1 is 0.616 bits per heavy atom. The molecule has 73 heavy (non-hydrogen) atoms. The average molecular weight is 998 g/mol. The van der Waals surface area contributed by atoms with Gasteiger partial charge in [-0.1, -0.05) is 111 Å². The first kappa shape index (κ1) is 52.7. The molecule has 4 aromatic carbocycles. The lowest BCUT2D eigenvalue weighted by molar-refractivity contribution is -0.153. The zero-order valence-electron chi connectivity index (χ0n) is 43.1. The summed E-state index contributed by atoms with van der Waals surface area (Å²) in [5, 5.41) is 9.24. The number of nitrogens with zero attached hydrogens (tertiary/aromatic N) is 3. The van der Waals surface area contributed by atoms with Crippen LogP contribution in [0.25, 0.3) is 0 Å². The first-order chi connectivity index (χ1) is 35.1. The second-order valence-corrected chi connectivity index (χ2v) is 20.3. The number of ether oxygens (including phenoxy) is 3. The van der Waals surface area contributed by atoms with E-state index in [4.69, 9.17) is 19.9 Å². The van der Waals surface area contributed by atoms with Crippen LogP contribution in [0.5, 0.6) is 0 Å². The van der Waals surface area contributed by atoms with E-state index in [9.17, 15) is 28.8 Å². The maximum atomic E-state index is 14.1. The molecule has 6 amide bonds. The minimum Gasteiger partial charge on any atom is -0.444 e. The molecular formula is C57H71N7O9. The van der Waals surface area contributed by atoms with Gasteiger partial charge in [0.15, 0.2) is 12.5 Å². The number of carbonyl (C=O) groups excluding carboxylic acids is 6. The Hall–Kier alpha value is -6.62. The number of likely N-dealkylation sites (N-methyl/N-ethyl adjacent to an activating group) is 1. The van der Waals surface area contributed by atoms with Crippen molar-refractivity contribution in [3.63, 3.8) is 0 Å². The Labute approximate surface area is 428 Å². The predicted molar refractivity (Wildman–Crippen MR) is 274 cm³/mol. The van der Waals surface area contributed by atoms with Crippen LogP contribution in [0, 0.1) is 0 Å². The van der Waals surface area contributed by atoms with Crippen LogP contribution >= 0.6 is 0 Å². The Balaban J connectivity index is 0.000000200. The molecule has 6 aliphatic rings. The quantitative estimate of drug-likeness (QED) is 0.144. The van der Waals surface area contributed by atoms with Crippen molar-refractivity contribution in [3.05, 3.63) is 142 Å². The Bertz CT molecular complexity index is 2690. The number of rotatable bonds is 7. The largest absolute Gasteiger partial charge is 0.444 e. The summed E-state index contributed by atoms with van der Waals surface area (Å²) >= 11 is 0. The van der Waals surface area contributed by atoms with Crippen LogP contribution in [0.1, 0.15) is 161 Å². The Kier molecular flexibility index (Phi) is 16.4. The van der Waals surface area contributed by atoms with Crippen molar-refractivity contribution in [2.45, 2.75) is 153 Å². The van der Waals surface area contributed by atoms with Gasteiger partial charge in [0.05, 0.1) is 31.3 Å². The summed E-state index contributed by atoms with van der Waals surface area (Å²) in [6, 6.07) is 27.1. The van der Waals surface area contributed by atoms with Gasteiger partial charge in [0.1, 0.15) is 29.8 Å². The zero-order chi connectivity index (χ0) is 52.1. The minimum atomic E-state index is -0.933. The highest BCUT2D eigenvalue weighted by atomic mass is 16.6. The lowest BCUT2D eigenvalue weighted by Crippen LogP contribution is -2.54. The second kappa shape index (κ2) is 22.7. The summed E-state index contributed by atoms with van der Waals surface area (Å²) in [5.41, 5.74) is 13.3. The van der Waals surface area contributed by atoms with Crippen molar-refractivity contribution in [2.24, 2.45) is 5.73 Å². The van der Waals surface area contributed by atoms with E-state index in [2.05, 4.69) is 34.1 Å². The molecule has 388 valence electrons. The number of aryl methyl sites for hydroxylation is 2. The maximum absolute atomic E-state index is 14.1. The molecule has 0 aromatic heterocycles. The summed E-state index contributed by atoms with van der Waals surface area (Å²) in [6.07, 6.45) is 4.44. The topological polar surface area (TPSA) is 202 Å². The molecule has 9 atom stereocenters. The number of benzene rings is 4.